The molecule has 2 atom stereocenters. The van der Waals surface area contributed by atoms with E-state index in [0.29, 0.717) is 19.4 Å². The summed E-state index contributed by atoms with van der Waals surface area (Å²) in [6, 6.07) is -1.12. The molecule has 0 saturated carbocycles. The minimum Gasteiger partial charge on any atom is -0.480 e. The normalized spacial score (nSPS) is 22.1. The van der Waals surface area contributed by atoms with Gasteiger partial charge in [-0.2, -0.15) is 0 Å². The smallest absolute Gasteiger partial charge is 0.323 e. The number of nitrogens with zero attached hydrogens (tertiary/aromatic N) is 1. The summed E-state index contributed by atoms with van der Waals surface area (Å²) < 4.78 is 5.16. The lowest BCUT2D eigenvalue weighted by molar-refractivity contribution is -0.156. The third-order valence-electron chi connectivity index (χ3n) is 2.85. The molecule has 0 spiro atoms. The first-order valence-electron chi connectivity index (χ1n) is 6.16. The first-order chi connectivity index (χ1) is 8.20. The summed E-state index contributed by atoms with van der Waals surface area (Å²) in [4.78, 5) is 24.2. The summed E-state index contributed by atoms with van der Waals surface area (Å²) in [5.41, 5.74) is 5.18. The highest BCUT2D eigenvalue weighted by atomic mass is 16.6. The number of rotatable bonds is 5. The lowest BCUT2D eigenvalue weighted by Gasteiger charge is -2.38. The fourth-order valence-electron chi connectivity index (χ4n) is 1.79. The molecule has 0 aliphatic carbocycles. The Balaban J connectivity index is 2.31. The van der Waals surface area contributed by atoms with E-state index < -0.39 is 29.6 Å². The van der Waals surface area contributed by atoms with E-state index in [-0.39, 0.29) is 0 Å². The summed E-state index contributed by atoms with van der Waals surface area (Å²) in [5.74, 6) is -1.25. The second kappa shape index (κ2) is 5.67. The maximum Gasteiger partial charge on any atom is 0.323 e. The minimum atomic E-state index is -0.813. The van der Waals surface area contributed by atoms with Gasteiger partial charge in [0.15, 0.2) is 0 Å². The molecule has 0 amide bonds. The summed E-state index contributed by atoms with van der Waals surface area (Å²) in [6.45, 7) is 6.61. The van der Waals surface area contributed by atoms with Gasteiger partial charge in [0.05, 0.1) is 0 Å². The zero-order valence-corrected chi connectivity index (χ0v) is 11.2. The average Bonchev–Trinajstić information content (AvgIpc) is 2.11. The van der Waals surface area contributed by atoms with E-state index in [1.165, 1.54) is 0 Å². The van der Waals surface area contributed by atoms with E-state index >= 15 is 0 Å². The van der Waals surface area contributed by atoms with Gasteiger partial charge in [0.1, 0.15) is 17.7 Å². The van der Waals surface area contributed by atoms with Crippen molar-refractivity contribution in [2.24, 2.45) is 5.73 Å². The number of carbonyl (C=O) groups is 2. The van der Waals surface area contributed by atoms with Gasteiger partial charge in [-0.15, -0.1) is 0 Å². The molecule has 0 aromatic heterocycles. The van der Waals surface area contributed by atoms with E-state index in [1.54, 1.807) is 20.8 Å². The fourth-order valence-corrected chi connectivity index (χ4v) is 1.79. The quantitative estimate of drug-likeness (QED) is 0.684. The van der Waals surface area contributed by atoms with Crippen molar-refractivity contribution in [2.45, 2.75) is 51.3 Å². The van der Waals surface area contributed by atoms with Crippen molar-refractivity contribution in [3.05, 3.63) is 0 Å². The third kappa shape index (κ3) is 4.27. The lowest BCUT2D eigenvalue weighted by atomic mass is 10.0. The van der Waals surface area contributed by atoms with Crippen molar-refractivity contribution in [1.29, 1.82) is 0 Å². The van der Waals surface area contributed by atoms with E-state index in [4.69, 9.17) is 15.6 Å². The van der Waals surface area contributed by atoms with Crippen LogP contribution in [0.3, 0.4) is 0 Å². The molecule has 0 unspecified atom stereocenters. The lowest BCUT2D eigenvalue weighted by Crippen LogP contribution is -2.53. The Morgan fingerprint density at radius 3 is 2.50 bits per heavy atom. The maximum absolute atomic E-state index is 11.6. The second-order valence-electron chi connectivity index (χ2n) is 5.61. The van der Waals surface area contributed by atoms with Crippen molar-refractivity contribution in [3.63, 3.8) is 0 Å². The predicted molar refractivity (Wildman–Crippen MR) is 66.1 cm³/mol. The number of hydrogen-bond donors (Lipinski definition) is 2. The number of ether oxygens (including phenoxy) is 1. The van der Waals surface area contributed by atoms with E-state index in [9.17, 15) is 9.59 Å². The topological polar surface area (TPSA) is 92.9 Å². The van der Waals surface area contributed by atoms with E-state index in [1.807, 2.05) is 4.90 Å². The summed E-state index contributed by atoms with van der Waals surface area (Å²) in [6.07, 6.45) is 1.08. The van der Waals surface area contributed by atoms with Crippen LogP contribution in [0.25, 0.3) is 0 Å². The van der Waals surface area contributed by atoms with Crippen LogP contribution in [0.5, 0.6) is 0 Å². The largest absolute Gasteiger partial charge is 0.480 e. The number of carboxylic acid groups (broad SMARTS) is 1. The van der Waals surface area contributed by atoms with Gasteiger partial charge in [-0.3, -0.25) is 14.5 Å². The van der Waals surface area contributed by atoms with Gasteiger partial charge in [0.25, 0.3) is 0 Å². The van der Waals surface area contributed by atoms with Gasteiger partial charge in [-0.25, -0.2) is 0 Å². The number of aliphatic carboxylic acids is 1. The molecule has 1 fully saturated rings. The Labute approximate surface area is 107 Å². The number of carboxylic acids is 1. The van der Waals surface area contributed by atoms with Gasteiger partial charge < -0.3 is 15.6 Å². The van der Waals surface area contributed by atoms with Crippen LogP contribution in [-0.2, 0) is 14.3 Å². The molecular weight excluding hydrogens is 236 g/mol. The van der Waals surface area contributed by atoms with Crippen molar-refractivity contribution >= 4 is 11.9 Å². The zero-order chi connectivity index (χ0) is 13.9. The van der Waals surface area contributed by atoms with Gasteiger partial charge in [-0.05, 0) is 33.6 Å². The molecule has 1 rings (SSSR count). The SMILES string of the molecule is CC(C)(C)OC(=O)[C@@H](N)CCN1CC[C@H]1C(=O)O. The van der Waals surface area contributed by atoms with Crippen LogP contribution in [-0.4, -0.2) is 52.7 Å². The van der Waals surface area contributed by atoms with Crippen molar-refractivity contribution < 1.29 is 19.4 Å². The molecule has 0 radical (unpaired) electrons. The van der Waals surface area contributed by atoms with Crippen molar-refractivity contribution in [1.82, 2.24) is 4.90 Å². The highest BCUT2D eigenvalue weighted by molar-refractivity contribution is 5.76. The van der Waals surface area contributed by atoms with Gasteiger partial charge >= 0.3 is 11.9 Å². The van der Waals surface area contributed by atoms with Gasteiger partial charge in [-0.1, -0.05) is 0 Å². The highest BCUT2D eigenvalue weighted by Crippen LogP contribution is 2.18. The molecule has 6 heteroatoms. The van der Waals surface area contributed by atoms with Crippen molar-refractivity contribution in [2.75, 3.05) is 13.1 Å². The predicted octanol–water partition coefficient (Wildman–Crippen LogP) is 0.204. The Morgan fingerprint density at radius 1 is 1.50 bits per heavy atom. The first-order valence-corrected chi connectivity index (χ1v) is 6.16. The Kier molecular flexibility index (Phi) is 4.70. The third-order valence-corrected chi connectivity index (χ3v) is 2.85. The Morgan fingerprint density at radius 2 is 2.11 bits per heavy atom. The van der Waals surface area contributed by atoms with Gasteiger partial charge in [0, 0.05) is 13.1 Å². The summed E-state index contributed by atoms with van der Waals surface area (Å²) >= 11 is 0. The number of nitrogens with two attached hydrogens (primary N) is 1. The molecule has 1 aliphatic heterocycles. The first kappa shape index (κ1) is 14.9. The maximum atomic E-state index is 11.6. The fraction of sp³-hybridized carbons (Fsp3) is 0.833. The highest BCUT2D eigenvalue weighted by Gasteiger charge is 2.34. The molecule has 0 aromatic carbocycles. The molecule has 18 heavy (non-hydrogen) atoms. The average molecular weight is 258 g/mol. The number of hydrogen-bond acceptors (Lipinski definition) is 5. The molecular formula is C12H22N2O4. The Hall–Kier alpha value is -1.14. The Bertz CT molecular complexity index is 325. The van der Waals surface area contributed by atoms with Crippen LogP contribution in [0.4, 0.5) is 0 Å². The molecule has 0 bridgehead atoms. The standard InChI is InChI=1S/C12H22N2O4/c1-12(2,3)18-11(17)8(13)4-6-14-7-5-9(14)10(15)16/h8-9H,4-7,13H2,1-3H3,(H,15,16)/t8-,9-/m0/s1. The number of esters is 1. The molecule has 1 heterocycles. The van der Waals surface area contributed by atoms with E-state index in [2.05, 4.69) is 0 Å². The molecule has 6 nitrogen and oxygen atoms in total. The van der Waals surface area contributed by atoms with Crippen LogP contribution in [0.1, 0.15) is 33.6 Å². The van der Waals surface area contributed by atoms with E-state index in [0.717, 1.165) is 6.54 Å². The van der Waals surface area contributed by atoms with Crippen molar-refractivity contribution in [3.8, 4) is 0 Å². The number of carbonyl (C=O) groups excluding carboxylic acids is 1. The minimum absolute atomic E-state index is 0.415. The molecule has 0 aromatic rings. The zero-order valence-electron chi connectivity index (χ0n) is 11.2. The molecule has 1 aliphatic rings. The van der Waals surface area contributed by atoms with Crippen LogP contribution in [0.15, 0.2) is 0 Å². The number of likely N-dealkylation sites (tertiary alicyclic amines) is 1. The monoisotopic (exact) mass is 258 g/mol. The second-order valence-corrected chi connectivity index (χ2v) is 5.61. The molecule has 104 valence electrons. The van der Waals surface area contributed by atoms with Gasteiger partial charge in [0.2, 0.25) is 0 Å². The summed E-state index contributed by atoms with van der Waals surface area (Å²) in [7, 11) is 0. The van der Waals surface area contributed by atoms with Crippen LogP contribution in [0, 0.1) is 0 Å². The summed E-state index contributed by atoms with van der Waals surface area (Å²) in [5, 5.41) is 8.87. The van der Waals surface area contributed by atoms with Crippen LogP contribution in [0.2, 0.25) is 0 Å². The molecule has 1 saturated heterocycles. The van der Waals surface area contributed by atoms with Crippen LogP contribution >= 0.6 is 0 Å². The van der Waals surface area contributed by atoms with Crippen LogP contribution < -0.4 is 5.73 Å². The molecule has 3 N–H and O–H groups in total.